The highest BCUT2D eigenvalue weighted by Gasteiger charge is 2.13. The minimum Gasteiger partial charge on any atom is -0.372 e. The number of rotatable bonds is 0. The van der Waals surface area contributed by atoms with Gasteiger partial charge in [0.15, 0.2) is 0 Å². The Hall–Kier alpha value is -0.670. The zero-order valence-corrected chi connectivity index (χ0v) is 8.10. The third-order valence-electron chi connectivity index (χ3n) is 1.80. The molecule has 2 nitrogen and oxygen atoms in total. The van der Waals surface area contributed by atoms with Crippen molar-refractivity contribution in [2.45, 2.75) is 6.61 Å². The van der Waals surface area contributed by atoms with E-state index in [-0.39, 0.29) is 0 Å². The number of nitrogens with zero attached hydrogens (tertiary/aromatic N) is 1. The number of pyridine rings is 1. The number of halogens is 1. The van der Waals surface area contributed by atoms with E-state index in [2.05, 4.69) is 27.5 Å². The van der Waals surface area contributed by atoms with Crippen LogP contribution in [0, 0.1) is 0 Å². The Morgan fingerprint density at radius 3 is 3.17 bits per heavy atom. The molecule has 12 heavy (non-hydrogen) atoms. The maximum absolute atomic E-state index is 5.30. The van der Waals surface area contributed by atoms with Crippen LogP contribution in [-0.4, -0.2) is 11.6 Å². The predicted octanol–water partition coefficient (Wildman–Crippen LogP) is 2.39. The van der Waals surface area contributed by atoms with Gasteiger partial charge in [-0.25, -0.2) is 0 Å². The van der Waals surface area contributed by atoms with Gasteiger partial charge in [0, 0.05) is 16.2 Å². The summed E-state index contributed by atoms with van der Waals surface area (Å²) in [4.78, 5) is 4.27. The highest BCUT2D eigenvalue weighted by molar-refractivity contribution is 9.10. The first-order valence-corrected chi connectivity index (χ1v) is 4.47. The van der Waals surface area contributed by atoms with E-state index in [1.165, 1.54) is 0 Å². The van der Waals surface area contributed by atoms with Crippen molar-refractivity contribution < 1.29 is 4.74 Å². The fourth-order valence-electron chi connectivity index (χ4n) is 1.26. The molecule has 1 aliphatic rings. The largest absolute Gasteiger partial charge is 0.372 e. The van der Waals surface area contributed by atoms with Crippen LogP contribution in [-0.2, 0) is 11.3 Å². The van der Waals surface area contributed by atoms with Gasteiger partial charge in [0.05, 0.1) is 18.9 Å². The third-order valence-corrected chi connectivity index (χ3v) is 2.24. The van der Waals surface area contributed by atoms with Gasteiger partial charge in [-0.2, -0.15) is 0 Å². The predicted molar refractivity (Wildman–Crippen MR) is 50.6 cm³/mol. The van der Waals surface area contributed by atoms with Gasteiger partial charge in [0.2, 0.25) is 0 Å². The molecule has 0 aliphatic carbocycles. The summed E-state index contributed by atoms with van der Waals surface area (Å²) in [6.07, 6.45) is 1.79. The number of hydrogen-bond acceptors (Lipinski definition) is 2. The maximum atomic E-state index is 5.30. The van der Waals surface area contributed by atoms with Gasteiger partial charge in [0.1, 0.15) is 0 Å². The zero-order chi connectivity index (χ0) is 8.55. The van der Waals surface area contributed by atoms with Crippen molar-refractivity contribution in [2.24, 2.45) is 0 Å². The summed E-state index contributed by atoms with van der Waals surface area (Å²) in [6, 6.07) is 2.02. The summed E-state index contributed by atoms with van der Waals surface area (Å²) in [5, 5.41) is 0. The molecule has 0 saturated carbocycles. The fourth-order valence-corrected chi connectivity index (χ4v) is 1.64. The van der Waals surface area contributed by atoms with E-state index in [1.807, 2.05) is 6.07 Å². The van der Waals surface area contributed by atoms with Crippen molar-refractivity contribution in [3.8, 4) is 0 Å². The van der Waals surface area contributed by atoms with Gasteiger partial charge < -0.3 is 4.74 Å². The van der Waals surface area contributed by atoms with Crippen LogP contribution in [0.15, 0.2) is 23.3 Å². The summed E-state index contributed by atoms with van der Waals surface area (Å²) >= 11 is 3.36. The van der Waals surface area contributed by atoms with Crippen LogP contribution in [0.5, 0.6) is 0 Å². The highest BCUT2D eigenvalue weighted by Crippen LogP contribution is 2.24. The lowest BCUT2D eigenvalue weighted by Crippen LogP contribution is -2.09. The Morgan fingerprint density at radius 1 is 1.50 bits per heavy atom. The molecule has 62 valence electrons. The lowest BCUT2D eigenvalue weighted by atomic mass is 10.1. The van der Waals surface area contributed by atoms with E-state index < -0.39 is 0 Å². The van der Waals surface area contributed by atoms with Crippen molar-refractivity contribution in [2.75, 3.05) is 6.61 Å². The average Bonchev–Trinajstić information content (AvgIpc) is 2.04. The molecular weight excluding hydrogens is 218 g/mol. The lowest BCUT2D eigenvalue weighted by molar-refractivity contribution is 0.145. The van der Waals surface area contributed by atoms with Crippen molar-refractivity contribution in [1.82, 2.24) is 4.98 Å². The molecule has 3 heteroatoms. The van der Waals surface area contributed by atoms with Gasteiger partial charge >= 0.3 is 0 Å². The molecule has 2 heterocycles. The molecule has 0 fully saturated rings. The van der Waals surface area contributed by atoms with Gasteiger partial charge in [-0.1, -0.05) is 6.58 Å². The lowest BCUT2D eigenvalue weighted by Gasteiger charge is -2.17. The van der Waals surface area contributed by atoms with Crippen LogP contribution in [0.4, 0.5) is 0 Å². The third kappa shape index (κ3) is 1.30. The van der Waals surface area contributed by atoms with E-state index in [0.29, 0.717) is 13.2 Å². The number of aromatic nitrogens is 1. The molecule has 0 atom stereocenters. The van der Waals surface area contributed by atoms with Gasteiger partial charge in [-0.15, -0.1) is 0 Å². The Morgan fingerprint density at radius 2 is 2.33 bits per heavy atom. The topological polar surface area (TPSA) is 22.1 Å². The van der Waals surface area contributed by atoms with Gasteiger partial charge in [0.25, 0.3) is 0 Å². The van der Waals surface area contributed by atoms with E-state index >= 15 is 0 Å². The number of hydrogen-bond donors (Lipinski definition) is 0. The summed E-state index contributed by atoms with van der Waals surface area (Å²) in [6.45, 7) is 5.12. The Labute approximate surface area is 79.4 Å². The van der Waals surface area contributed by atoms with Crippen molar-refractivity contribution in [3.63, 3.8) is 0 Å². The summed E-state index contributed by atoms with van der Waals surface area (Å²) in [7, 11) is 0. The minimum atomic E-state index is 0.599. The number of ether oxygens (including phenoxy) is 1. The average molecular weight is 226 g/mol. The molecule has 0 N–H and O–H groups in total. The molecule has 0 radical (unpaired) electrons. The van der Waals surface area contributed by atoms with Crippen LogP contribution in [0.3, 0.4) is 0 Å². The smallest absolute Gasteiger partial charge is 0.0743 e. The van der Waals surface area contributed by atoms with E-state index in [4.69, 9.17) is 4.74 Å². The second kappa shape index (κ2) is 2.99. The molecule has 0 aromatic carbocycles. The molecule has 2 rings (SSSR count). The summed E-state index contributed by atoms with van der Waals surface area (Å²) < 4.78 is 6.29. The maximum Gasteiger partial charge on any atom is 0.0743 e. The quantitative estimate of drug-likeness (QED) is 0.677. The van der Waals surface area contributed by atoms with Gasteiger partial charge in [-0.05, 0) is 27.6 Å². The second-order valence-corrected chi connectivity index (χ2v) is 3.67. The molecule has 1 aromatic heterocycles. The highest BCUT2D eigenvalue weighted by atomic mass is 79.9. The molecule has 0 bridgehead atoms. The van der Waals surface area contributed by atoms with Gasteiger partial charge in [-0.3, -0.25) is 4.98 Å². The van der Waals surface area contributed by atoms with Crippen LogP contribution < -0.4 is 0 Å². The molecule has 1 aromatic rings. The van der Waals surface area contributed by atoms with Crippen molar-refractivity contribution in [3.05, 3.63) is 34.6 Å². The molecule has 1 aliphatic heterocycles. The van der Waals surface area contributed by atoms with Crippen LogP contribution in [0.1, 0.15) is 11.3 Å². The Bertz CT molecular complexity index is 335. The fraction of sp³-hybridized carbons (Fsp3) is 0.222. The van der Waals surface area contributed by atoms with E-state index in [0.717, 1.165) is 21.3 Å². The summed E-state index contributed by atoms with van der Waals surface area (Å²) in [5.74, 6) is 0. The van der Waals surface area contributed by atoms with Crippen LogP contribution in [0.25, 0.3) is 5.57 Å². The zero-order valence-electron chi connectivity index (χ0n) is 6.51. The Kier molecular flexibility index (Phi) is 1.98. The van der Waals surface area contributed by atoms with Crippen LogP contribution >= 0.6 is 15.9 Å². The molecule has 0 amide bonds. The standard InChI is InChI=1S/C9H8BrNO/c1-6-4-12-5-7-2-8(10)3-11-9(6)7/h2-3H,1,4-5H2. The first-order valence-electron chi connectivity index (χ1n) is 3.67. The molecule has 0 saturated heterocycles. The number of fused-ring (bicyclic) bond motifs is 1. The van der Waals surface area contributed by atoms with Crippen molar-refractivity contribution in [1.29, 1.82) is 0 Å². The SMILES string of the molecule is C=C1COCc2cc(Br)cnc21. The van der Waals surface area contributed by atoms with E-state index in [1.54, 1.807) is 6.20 Å². The summed E-state index contributed by atoms with van der Waals surface area (Å²) in [5.41, 5.74) is 3.06. The second-order valence-electron chi connectivity index (χ2n) is 2.76. The Balaban J connectivity index is 2.53. The molecule has 0 spiro atoms. The minimum absolute atomic E-state index is 0.599. The first kappa shape index (κ1) is 7.95. The van der Waals surface area contributed by atoms with E-state index in [9.17, 15) is 0 Å². The normalized spacial score (nSPS) is 15.9. The van der Waals surface area contributed by atoms with Crippen LogP contribution in [0.2, 0.25) is 0 Å². The molecular formula is C9H8BrNO. The monoisotopic (exact) mass is 225 g/mol. The molecule has 0 unspecified atom stereocenters. The first-order chi connectivity index (χ1) is 5.77. The van der Waals surface area contributed by atoms with Crippen molar-refractivity contribution >= 4 is 21.5 Å².